The maximum Gasteiger partial charge on any atom is 0.267 e. The van der Waals surface area contributed by atoms with Crippen LogP contribution in [0.5, 0.6) is 0 Å². The maximum atomic E-state index is 13.4. The van der Waals surface area contributed by atoms with E-state index >= 15 is 0 Å². The van der Waals surface area contributed by atoms with Crippen molar-refractivity contribution in [2.24, 2.45) is 0 Å². The van der Waals surface area contributed by atoms with Gasteiger partial charge in [0.2, 0.25) is 0 Å². The molecule has 2 saturated heterocycles. The first-order valence-corrected chi connectivity index (χ1v) is 12.0. The molecular formula is C22H26N4O5S2. The number of aliphatic hydroxyl groups excluding tert-OH is 1. The Bertz CT molecular complexity index is 1140. The maximum absolute atomic E-state index is 13.4. The van der Waals surface area contributed by atoms with Crippen molar-refractivity contribution in [2.45, 2.75) is 25.9 Å². The predicted molar refractivity (Wildman–Crippen MR) is 131 cm³/mol. The van der Waals surface area contributed by atoms with Crippen molar-refractivity contribution in [3.8, 4) is 0 Å². The van der Waals surface area contributed by atoms with Crippen molar-refractivity contribution >= 4 is 51.7 Å². The summed E-state index contributed by atoms with van der Waals surface area (Å²) in [5.74, 6) is 0.137. The average Bonchev–Trinajstić information content (AvgIpc) is 3.40. The van der Waals surface area contributed by atoms with Gasteiger partial charge >= 0.3 is 0 Å². The van der Waals surface area contributed by atoms with Crippen LogP contribution in [0.3, 0.4) is 0 Å². The molecule has 11 heteroatoms. The molecule has 4 rings (SSSR count). The summed E-state index contributed by atoms with van der Waals surface area (Å²) in [7, 11) is 0. The summed E-state index contributed by atoms with van der Waals surface area (Å²) in [4.78, 5) is 33.0. The number of aryl methyl sites for hydroxylation is 1. The second-order valence-corrected chi connectivity index (χ2v) is 9.43. The Hall–Kier alpha value is -2.31. The smallest absolute Gasteiger partial charge is 0.267 e. The van der Waals surface area contributed by atoms with Gasteiger partial charge in [-0.2, -0.15) is 0 Å². The summed E-state index contributed by atoms with van der Waals surface area (Å²) >= 11 is 6.61. The number of aromatic nitrogens is 2. The van der Waals surface area contributed by atoms with Gasteiger partial charge in [-0.05, 0) is 37.5 Å². The lowest BCUT2D eigenvalue weighted by molar-refractivity contribution is -0.123. The molecule has 0 saturated carbocycles. The molecule has 0 aliphatic carbocycles. The van der Waals surface area contributed by atoms with Gasteiger partial charge in [-0.25, -0.2) is 4.98 Å². The van der Waals surface area contributed by atoms with Crippen LogP contribution in [0.2, 0.25) is 0 Å². The third-order valence-corrected chi connectivity index (χ3v) is 6.80. The SMILES string of the molecule is Cc1cccn2c(=O)c(/C=C3/SC(=S)N(C[C@H]4CCCO4)C3=O)c(NCCOCCO)nc12. The first kappa shape index (κ1) is 23.8. The normalized spacial score (nSPS) is 19.9. The van der Waals surface area contributed by atoms with E-state index in [1.54, 1.807) is 23.2 Å². The lowest BCUT2D eigenvalue weighted by Gasteiger charge is -2.18. The van der Waals surface area contributed by atoms with Crippen molar-refractivity contribution < 1.29 is 19.4 Å². The molecule has 176 valence electrons. The number of thioether (sulfide) groups is 1. The third kappa shape index (κ3) is 5.28. The highest BCUT2D eigenvalue weighted by atomic mass is 32.2. The fourth-order valence-electron chi connectivity index (χ4n) is 3.77. The lowest BCUT2D eigenvalue weighted by Crippen LogP contribution is -2.35. The molecule has 0 bridgehead atoms. The third-order valence-electron chi connectivity index (χ3n) is 5.42. The summed E-state index contributed by atoms with van der Waals surface area (Å²) in [6, 6.07) is 3.66. The highest BCUT2D eigenvalue weighted by molar-refractivity contribution is 8.26. The first-order chi connectivity index (χ1) is 16.0. The molecule has 1 atom stereocenters. The van der Waals surface area contributed by atoms with Crippen LogP contribution in [0.4, 0.5) is 5.82 Å². The minimum absolute atomic E-state index is 0.0149. The highest BCUT2D eigenvalue weighted by Crippen LogP contribution is 2.34. The topological polar surface area (TPSA) is 105 Å². The number of pyridine rings is 1. The number of hydrogen-bond donors (Lipinski definition) is 2. The molecule has 0 unspecified atom stereocenters. The molecule has 0 radical (unpaired) electrons. The summed E-state index contributed by atoms with van der Waals surface area (Å²) in [5, 5.41) is 12.0. The van der Waals surface area contributed by atoms with E-state index in [0.717, 1.165) is 18.4 Å². The quantitative estimate of drug-likeness (QED) is 0.309. The molecule has 0 spiro atoms. The average molecular weight is 491 g/mol. The Labute approximate surface area is 200 Å². The van der Waals surface area contributed by atoms with Crippen molar-refractivity contribution in [1.29, 1.82) is 0 Å². The van der Waals surface area contributed by atoms with Gasteiger partial charge in [-0.3, -0.25) is 18.9 Å². The van der Waals surface area contributed by atoms with Crippen LogP contribution in [0.1, 0.15) is 24.0 Å². The van der Waals surface area contributed by atoms with Crippen LogP contribution in [0.25, 0.3) is 11.7 Å². The number of carbonyl (C=O) groups is 1. The summed E-state index contributed by atoms with van der Waals surface area (Å²) < 4.78 is 12.9. The summed E-state index contributed by atoms with van der Waals surface area (Å²) in [5.41, 5.74) is 1.37. The summed E-state index contributed by atoms with van der Waals surface area (Å²) in [6.45, 7) is 3.89. The minimum atomic E-state index is -0.285. The molecule has 9 nitrogen and oxygen atoms in total. The standard InChI is InChI=1S/C22H26N4O5S2/c1-14-4-2-7-25-19(14)24-18(23-6-10-30-11-8-27)16(20(25)28)12-17-21(29)26(22(32)33-17)13-15-5-3-9-31-15/h2,4,7,12,15,23,27H,3,5-6,8-11,13H2,1H3/b17-12+/t15-/m1/s1. The molecule has 2 aromatic heterocycles. The van der Waals surface area contributed by atoms with Crippen LogP contribution in [0.15, 0.2) is 28.0 Å². The van der Waals surface area contributed by atoms with Crippen molar-refractivity contribution in [3.05, 3.63) is 44.7 Å². The number of carbonyl (C=O) groups excluding carboxylic acids is 1. The van der Waals surface area contributed by atoms with E-state index in [9.17, 15) is 9.59 Å². The Morgan fingerprint density at radius 1 is 1.42 bits per heavy atom. The van der Waals surface area contributed by atoms with Gasteiger partial charge in [-0.1, -0.05) is 30.0 Å². The number of nitrogens with one attached hydrogen (secondary N) is 1. The molecule has 4 heterocycles. The van der Waals surface area contributed by atoms with Crippen molar-refractivity contribution in [3.63, 3.8) is 0 Å². The number of thiocarbonyl (C=S) groups is 1. The monoisotopic (exact) mass is 490 g/mol. The molecule has 2 N–H and O–H groups in total. The van der Waals surface area contributed by atoms with E-state index in [0.29, 0.717) is 47.0 Å². The number of ether oxygens (including phenoxy) is 2. The zero-order valence-electron chi connectivity index (χ0n) is 18.3. The van der Waals surface area contributed by atoms with Gasteiger partial charge in [0.15, 0.2) is 0 Å². The molecule has 2 aliphatic heterocycles. The van der Waals surface area contributed by atoms with Gasteiger partial charge in [0.25, 0.3) is 11.5 Å². The fraction of sp³-hybridized carbons (Fsp3) is 0.455. The number of amides is 1. The number of aliphatic hydroxyl groups is 1. The van der Waals surface area contributed by atoms with Crippen LogP contribution in [0, 0.1) is 6.92 Å². The zero-order valence-corrected chi connectivity index (χ0v) is 19.9. The predicted octanol–water partition coefficient (Wildman–Crippen LogP) is 1.80. The number of nitrogens with zero attached hydrogens (tertiary/aromatic N) is 3. The molecular weight excluding hydrogens is 464 g/mol. The van der Waals surface area contributed by atoms with E-state index < -0.39 is 0 Å². The van der Waals surface area contributed by atoms with Crippen LogP contribution in [-0.4, -0.2) is 75.2 Å². The Kier molecular flexibility index (Phi) is 7.76. The lowest BCUT2D eigenvalue weighted by atomic mass is 10.2. The van der Waals surface area contributed by atoms with Crippen LogP contribution < -0.4 is 10.9 Å². The number of anilines is 1. The first-order valence-electron chi connectivity index (χ1n) is 10.8. The Morgan fingerprint density at radius 2 is 2.27 bits per heavy atom. The second-order valence-electron chi connectivity index (χ2n) is 7.75. The summed E-state index contributed by atoms with van der Waals surface area (Å²) in [6.07, 6.45) is 5.09. The van der Waals surface area contributed by atoms with Gasteiger partial charge in [0.05, 0.1) is 42.9 Å². The van der Waals surface area contributed by atoms with E-state index in [2.05, 4.69) is 10.3 Å². The Morgan fingerprint density at radius 3 is 3.03 bits per heavy atom. The number of rotatable bonds is 9. The number of hydrogen-bond acceptors (Lipinski definition) is 9. The van der Waals surface area contributed by atoms with Gasteiger partial charge in [0.1, 0.15) is 15.8 Å². The molecule has 2 aliphatic rings. The van der Waals surface area contributed by atoms with E-state index in [4.69, 9.17) is 26.8 Å². The molecule has 0 aromatic carbocycles. The van der Waals surface area contributed by atoms with Crippen LogP contribution >= 0.6 is 24.0 Å². The van der Waals surface area contributed by atoms with Crippen molar-refractivity contribution in [2.75, 3.05) is 44.8 Å². The van der Waals surface area contributed by atoms with Crippen molar-refractivity contribution in [1.82, 2.24) is 14.3 Å². The van der Waals surface area contributed by atoms with Gasteiger partial charge in [0, 0.05) is 19.3 Å². The zero-order chi connectivity index (χ0) is 23.4. The van der Waals surface area contributed by atoms with E-state index in [-0.39, 0.29) is 36.3 Å². The molecule has 1 amide bonds. The molecule has 33 heavy (non-hydrogen) atoms. The Balaban J connectivity index is 1.66. The second kappa shape index (κ2) is 10.7. The molecule has 2 aromatic rings. The van der Waals surface area contributed by atoms with Gasteiger partial charge < -0.3 is 19.9 Å². The number of fused-ring (bicyclic) bond motifs is 1. The highest BCUT2D eigenvalue weighted by Gasteiger charge is 2.35. The van der Waals surface area contributed by atoms with Gasteiger partial charge in [-0.15, -0.1) is 0 Å². The fourth-order valence-corrected chi connectivity index (χ4v) is 5.02. The van der Waals surface area contributed by atoms with Crippen LogP contribution in [-0.2, 0) is 14.3 Å². The largest absolute Gasteiger partial charge is 0.394 e. The van der Waals surface area contributed by atoms with E-state index in [1.165, 1.54) is 16.2 Å². The minimum Gasteiger partial charge on any atom is -0.394 e. The molecule has 2 fully saturated rings. The van der Waals surface area contributed by atoms with E-state index in [1.807, 2.05) is 13.0 Å².